The van der Waals surface area contributed by atoms with Crippen LogP contribution in [0.1, 0.15) is 0 Å². The Balaban J connectivity index is 4.04. The van der Waals surface area contributed by atoms with Crippen LogP contribution in [0.15, 0.2) is 4.99 Å². The van der Waals surface area contributed by atoms with Crippen molar-refractivity contribution < 1.29 is 4.79 Å². The minimum atomic E-state index is -0.949. The van der Waals surface area contributed by atoms with E-state index in [0.29, 0.717) is 0 Å². The fraction of sp³-hybridized carbons (Fsp3) is 0.500. The zero-order chi connectivity index (χ0) is 7.44. The van der Waals surface area contributed by atoms with Crippen molar-refractivity contribution in [3.05, 3.63) is 0 Å². The molecule has 1 amide bonds. The predicted octanol–water partition coefficient (Wildman–Crippen LogP) is -2.21. The van der Waals surface area contributed by atoms with E-state index in [1.165, 1.54) is 7.05 Å². The molecule has 0 heterocycles. The minimum absolute atomic E-state index is 0.0579. The second kappa shape index (κ2) is 3.03. The molecule has 0 spiro atoms. The maximum atomic E-state index is 10.2. The van der Waals surface area contributed by atoms with Gasteiger partial charge in [0.05, 0.1) is 0 Å². The number of nitrogens with zero attached hydrogens (tertiary/aromatic N) is 1. The van der Waals surface area contributed by atoms with Crippen molar-refractivity contribution in [2.45, 2.75) is 6.04 Å². The number of amides is 1. The van der Waals surface area contributed by atoms with Gasteiger partial charge in [-0.1, -0.05) is 0 Å². The summed E-state index contributed by atoms with van der Waals surface area (Å²) in [6, 6.07) is -0.949. The number of aliphatic imine (C=N–C) groups is 1. The number of hydrogen-bond donors (Lipinski definition) is 3. The molecule has 0 aliphatic rings. The van der Waals surface area contributed by atoms with Crippen LogP contribution in [-0.4, -0.2) is 24.8 Å². The molecule has 6 N–H and O–H groups in total. The Morgan fingerprint density at radius 2 is 2.00 bits per heavy atom. The van der Waals surface area contributed by atoms with Crippen LogP contribution < -0.4 is 17.2 Å². The molecule has 0 aromatic heterocycles. The highest BCUT2D eigenvalue weighted by Crippen LogP contribution is 1.74. The number of nitrogens with two attached hydrogens (primary N) is 3. The van der Waals surface area contributed by atoms with E-state index in [-0.39, 0.29) is 5.84 Å². The lowest BCUT2D eigenvalue weighted by molar-refractivity contribution is -0.117. The first-order valence-corrected chi connectivity index (χ1v) is 2.36. The van der Waals surface area contributed by atoms with E-state index in [0.717, 1.165) is 0 Å². The number of amidine groups is 1. The van der Waals surface area contributed by atoms with Gasteiger partial charge in [0.1, 0.15) is 11.9 Å². The summed E-state index contributed by atoms with van der Waals surface area (Å²) in [6.07, 6.45) is 0. The van der Waals surface area contributed by atoms with Gasteiger partial charge in [-0.05, 0) is 0 Å². The summed E-state index contributed by atoms with van der Waals surface area (Å²) in [6.45, 7) is 0. The van der Waals surface area contributed by atoms with Crippen molar-refractivity contribution in [3.8, 4) is 0 Å². The van der Waals surface area contributed by atoms with E-state index in [1.54, 1.807) is 0 Å². The molecule has 0 bridgehead atoms. The quantitative estimate of drug-likeness (QED) is 0.291. The summed E-state index contributed by atoms with van der Waals surface area (Å²) >= 11 is 0. The van der Waals surface area contributed by atoms with Gasteiger partial charge >= 0.3 is 0 Å². The smallest absolute Gasteiger partial charge is 0.242 e. The van der Waals surface area contributed by atoms with Gasteiger partial charge in [0.15, 0.2) is 0 Å². The SMILES string of the molecule is CN=C(N)C(N)C(N)=O. The third-order valence-electron chi connectivity index (χ3n) is 0.883. The molecule has 1 unspecified atom stereocenters. The molecule has 0 fully saturated rings. The summed E-state index contributed by atoms with van der Waals surface area (Å²) in [7, 11) is 1.44. The number of carbonyl (C=O) groups is 1. The molecule has 5 nitrogen and oxygen atoms in total. The standard InChI is InChI=1S/C4H10N4O/c1-8-3(6)2(5)4(7)9/h2H,5H2,1H3,(H2,6,8)(H2,7,9). The van der Waals surface area contributed by atoms with Crippen LogP contribution in [0.2, 0.25) is 0 Å². The fourth-order valence-electron chi connectivity index (χ4n) is 0.285. The van der Waals surface area contributed by atoms with E-state index < -0.39 is 11.9 Å². The van der Waals surface area contributed by atoms with Gasteiger partial charge in [0, 0.05) is 7.05 Å². The number of primary amides is 1. The summed E-state index contributed by atoms with van der Waals surface area (Å²) in [5.74, 6) is -0.611. The van der Waals surface area contributed by atoms with Gasteiger partial charge in [-0.2, -0.15) is 0 Å². The van der Waals surface area contributed by atoms with Crippen LogP contribution >= 0.6 is 0 Å². The van der Waals surface area contributed by atoms with Crippen molar-refractivity contribution in [1.29, 1.82) is 0 Å². The Bertz CT molecular complexity index is 142. The van der Waals surface area contributed by atoms with Crippen LogP contribution in [-0.2, 0) is 4.79 Å². The van der Waals surface area contributed by atoms with Gasteiger partial charge in [-0.3, -0.25) is 9.79 Å². The summed E-state index contributed by atoms with van der Waals surface area (Å²) in [4.78, 5) is 13.7. The molecule has 0 aromatic carbocycles. The highest BCUT2D eigenvalue weighted by Gasteiger charge is 2.11. The van der Waals surface area contributed by atoms with Gasteiger partial charge in [-0.15, -0.1) is 0 Å². The third kappa shape index (κ3) is 2.09. The first-order chi connectivity index (χ1) is 4.09. The molecule has 5 heteroatoms. The number of hydrogen-bond acceptors (Lipinski definition) is 3. The fourth-order valence-corrected chi connectivity index (χ4v) is 0.285. The molecule has 0 aliphatic carbocycles. The Morgan fingerprint density at radius 1 is 1.56 bits per heavy atom. The molecule has 52 valence electrons. The Kier molecular flexibility index (Phi) is 2.66. The summed E-state index contributed by atoms with van der Waals surface area (Å²) < 4.78 is 0. The van der Waals surface area contributed by atoms with Crippen molar-refractivity contribution >= 4 is 11.7 Å². The van der Waals surface area contributed by atoms with Gasteiger partial charge < -0.3 is 17.2 Å². The Morgan fingerprint density at radius 3 is 2.11 bits per heavy atom. The van der Waals surface area contributed by atoms with E-state index in [9.17, 15) is 4.79 Å². The number of rotatable bonds is 2. The summed E-state index contributed by atoms with van der Waals surface area (Å²) in [5, 5.41) is 0. The molecular weight excluding hydrogens is 120 g/mol. The minimum Gasteiger partial charge on any atom is -0.386 e. The Labute approximate surface area is 52.9 Å². The molecule has 1 atom stereocenters. The van der Waals surface area contributed by atoms with Crippen LogP contribution in [0.5, 0.6) is 0 Å². The average Bonchev–Trinajstić information content (AvgIpc) is 1.84. The monoisotopic (exact) mass is 130 g/mol. The lowest BCUT2D eigenvalue weighted by Crippen LogP contribution is -2.46. The summed E-state index contributed by atoms with van der Waals surface area (Å²) in [5.41, 5.74) is 15.1. The lowest BCUT2D eigenvalue weighted by Gasteiger charge is -2.03. The largest absolute Gasteiger partial charge is 0.386 e. The molecule has 0 saturated carbocycles. The zero-order valence-corrected chi connectivity index (χ0v) is 5.16. The van der Waals surface area contributed by atoms with Crippen LogP contribution in [0.3, 0.4) is 0 Å². The Hall–Kier alpha value is -1.10. The highest BCUT2D eigenvalue weighted by atomic mass is 16.1. The van der Waals surface area contributed by atoms with Gasteiger partial charge in [0.25, 0.3) is 0 Å². The van der Waals surface area contributed by atoms with Crippen molar-refractivity contribution in [3.63, 3.8) is 0 Å². The van der Waals surface area contributed by atoms with E-state index >= 15 is 0 Å². The highest BCUT2D eigenvalue weighted by molar-refractivity contribution is 6.05. The molecule has 0 aromatic rings. The second-order valence-electron chi connectivity index (χ2n) is 1.53. The maximum Gasteiger partial charge on any atom is 0.242 e. The first-order valence-electron chi connectivity index (χ1n) is 2.36. The van der Waals surface area contributed by atoms with Crippen molar-refractivity contribution in [1.82, 2.24) is 0 Å². The van der Waals surface area contributed by atoms with Gasteiger partial charge in [0.2, 0.25) is 5.91 Å². The molecule has 0 saturated heterocycles. The van der Waals surface area contributed by atoms with Crippen LogP contribution in [0, 0.1) is 0 Å². The van der Waals surface area contributed by atoms with E-state index in [4.69, 9.17) is 17.2 Å². The van der Waals surface area contributed by atoms with E-state index in [2.05, 4.69) is 4.99 Å². The lowest BCUT2D eigenvalue weighted by atomic mass is 10.3. The van der Waals surface area contributed by atoms with Gasteiger partial charge in [-0.25, -0.2) is 0 Å². The second-order valence-corrected chi connectivity index (χ2v) is 1.53. The number of carbonyl (C=O) groups excluding carboxylic acids is 1. The zero-order valence-electron chi connectivity index (χ0n) is 5.16. The maximum absolute atomic E-state index is 10.2. The first kappa shape index (κ1) is 7.90. The average molecular weight is 130 g/mol. The van der Waals surface area contributed by atoms with E-state index in [1.807, 2.05) is 0 Å². The molecule has 9 heavy (non-hydrogen) atoms. The van der Waals surface area contributed by atoms with Crippen molar-refractivity contribution in [2.24, 2.45) is 22.2 Å². The normalized spacial score (nSPS) is 15.1. The van der Waals surface area contributed by atoms with Crippen LogP contribution in [0.4, 0.5) is 0 Å². The predicted molar refractivity (Wildman–Crippen MR) is 34.7 cm³/mol. The molecule has 0 aliphatic heterocycles. The topological polar surface area (TPSA) is 107 Å². The van der Waals surface area contributed by atoms with Crippen molar-refractivity contribution in [2.75, 3.05) is 7.05 Å². The molecule has 0 rings (SSSR count). The third-order valence-corrected chi connectivity index (χ3v) is 0.883. The molecular formula is C4H10N4O. The molecule has 0 radical (unpaired) electrons. The van der Waals surface area contributed by atoms with Crippen LogP contribution in [0.25, 0.3) is 0 Å².